The van der Waals surface area contributed by atoms with E-state index < -0.39 is 0 Å². The third-order valence-corrected chi connectivity index (χ3v) is 5.22. The molecule has 3 atom stereocenters. The molecule has 0 N–H and O–H groups in total. The van der Waals surface area contributed by atoms with Crippen molar-refractivity contribution in [2.24, 2.45) is 17.3 Å². The van der Waals surface area contributed by atoms with Gasteiger partial charge in [-0.3, -0.25) is 0 Å². The molecule has 1 aromatic heterocycles. The summed E-state index contributed by atoms with van der Waals surface area (Å²) < 4.78 is 2.21. The molecular formula is C16H25N3. The van der Waals surface area contributed by atoms with Crippen LogP contribution in [0.1, 0.15) is 58.3 Å². The van der Waals surface area contributed by atoms with E-state index in [0.717, 1.165) is 18.7 Å². The summed E-state index contributed by atoms with van der Waals surface area (Å²) in [5.41, 5.74) is 0.368. The first-order valence-electron chi connectivity index (χ1n) is 7.38. The summed E-state index contributed by atoms with van der Waals surface area (Å²) in [5.74, 6) is 1.87. The van der Waals surface area contributed by atoms with E-state index in [1.807, 2.05) is 19.3 Å². The van der Waals surface area contributed by atoms with Gasteiger partial charge in [-0.1, -0.05) is 27.2 Å². The number of aryl methyl sites for hydroxylation is 1. The fourth-order valence-electron chi connectivity index (χ4n) is 3.34. The lowest BCUT2D eigenvalue weighted by Crippen LogP contribution is -2.34. The van der Waals surface area contributed by atoms with Crippen LogP contribution in [0.25, 0.3) is 0 Å². The van der Waals surface area contributed by atoms with Crippen LogP contribution < -0.4 is 0 Å². The summed E-state index contributed by atoms with van der Waals surface area (Å²) in [4.78, 5) is 4.32. The van der Waals surface area contributed by atoms with Crippen LogP contribution in [0.15, 0.2) is 12.4 Å². The second kappa shape index (κ2) is 5.36. The SMILES string of the molecule is CCC(C)(C)C1CCC(C#N)C(n2ccnc2C)C1. The molecule has 2 rings (SSSR count). The van der Waals surface area contributed by atoms with Crippen molar-refractivity contribution >= 4 is 0 Å². The average Bonchev–Trinajstić information content (AvgIpc) is 2.84. The highest BCUT2D eigenvalue weighted by Gasteiger charge is 2.38. The Morgan fingerprint density at radius 3 is 2.74 bits per heavy atom. The van der Waals surface area contributed by atoms with Gasteiger partial charge in [0, 0.05) is 12.4 Å². The van der Waals surface area contributed by atoms with Gasteiger partial charge in [-0.2, -0.15) is 5.26 Å². The third kappa shape index (κ3) is 2.68. The lowest BCUT2D eigenvalue weighted by Gasteiger charge is -2.42. The molecule has 1 fully saturated rings. The van der Waals surface area contributed by atoms with Gasteiger partial charge in [0.05, 0.1) is 18.0 Å². The van der Waals surface area contributed by atoms with Crippen LogP contribution in [0.2, 0.25) is 0 Å². The first kappa shape index (κ1) is 14.1. The number of nitrogens with zero attached hydrogens (tertiary/aromatic N) is 3. The Morgan fingerprint density at radius 1 is 1.47 bits per heavy atom. The van der Waals surface area contributed by atoms with Crippen LogP contribution in [-0.2, 0) is 0 Å². The molecule has 19 heavy (non-hydrogen) atoms. The summed E-state index contributed by atoms with van der Waals surface area (Å²) in [5, 5.41) is 9.41. The molecule has 3 nitrogen and oxygen atoms in total. The van der Waals surface area contributed by atoms with Crippen molar-refractivity contribution in [2.45, 2.75) is 59.4 Å². The zero-order chi connectivity index (χ0) is 14.0. The van der Waals surface area contributed by atoms with Gasteiger partial charge >= 0.3 is 0 Å². The molecule has 0 aromatic carbocycles. The monoisotopic (exact) mass is 259 g/mol. The van der Waals surface area contributed by atoms with E-state index in [9.17, 15) is 5.26 Å². The Hall–Kier alpha value is -1.30. The van der Waals surface area contributed by atoms with Gasteiger partial charge in [-0.05, 0) is 37.5 Å². The van der Waals surface area contributed by atoms with E-state index in [0.29, 0.717) is 17.4 Å². The normalized spacial score (nSPS) is 28.1. The molecule has 1 saturated carbocycles. The second-order valence-electron chi connectivity index (χ2n) is 6.54. The molecule has 104 valence electrons. The van der Waals surface area contributed by atoms with Crippen LogP contribution in [0.4, 0.5) is 0 Å². The van der Waals surface area contributed by atoms with E-state index in [1.54, 1.807) is 0 Å². The van der Waals surface area contributed by atoms with E-state index in [4.69, 9.17) is 0 Å². The summed E-state index contributed by atoms with van der Waals surface area (Å²) in [7, 11) is 0. The number of aromatic nitrogens is 2. The number of hydrogen-bond acceptors (Lipinski definition) is 2. The highest BCUT2D eigenvalue weighted by Crippen LogP contribution is 2.46. The summed E-state index contributed by atoms with van der Waals surface area (Å²) in [6, 6.07) is 2.81. The molecule has 0 amide bonds. The number of imidazole rings is 1. The van der Waals surface area contributed by atoms with Crippen LogP contribution in [0.5, 0.6) is 0 Å². The van der Waals surface area contributed by atoms with Gasteiger partial charge in [0.15, 0.2) is 0 Å². The predicted octanol–water partition coefficient (Wildman–Crippen LogP) is 4.11. The largest absolute Gasteiger partial charge is 0.331 e. The molecule has 1 aliphatic rings. The minimum Gasteiger partial charge on any atom is -0.331 e. The maximum Gasteiger partial charge on any atom is 0.105 e. The van der Waals surface area contributed by atoms with Crippen molar-refractivity contribution in [1.29, 1.82) is 5.26 Å². The third-order valence-electron chi connectivity index (χ3n) is 5.22. The van der Waals surface area contributed by atoms with E-state index in [1.165, 1.54) is 12.8 Å². The molecule has 1 aliphatic carbocycles. The average molecular weight is 259 g/mol. The number of nitriles is 1. The Morgan fingerprint density at radius 2 is 2.21 bits per heavy atom. The van der Waals surface area contributed by atoms with Gasteiger partial charge in [0.2, 0.25) is 0 Å². The standard InChI is InChI=1S/C16H25N3/c1-5-16(3,4)14-7-6-13(11-17)15(10-14)19-9-8-18-12(19)2/h8-9,13-15H,5-7,10H2,1-4H3. The Kier molecular flexibility index (Phi) is 3.99. The highest BCUT2D eigenvalue weighted by atomic mass is 15.1. The van der Waals surface area contributed by atoms with Crippen LogP contribution in [0, 0.1) is 35.5 Å². The quantitative estimate of drug-likeness (QED) is 0.819. The Balaban J connectivity index is 2.24. The minimum absolute atomic E-state index is 0.136. The maximum absolute atomic E-state index is 9.41. The number of hydrogen-bond donors (Lipinski definition) is 0. The lowest BCUT2D eigenvalue weighted by molar-refractivity contribution is 0.103. The smallest absolute Gasteiger partial charge is 0.105 e. The maximum atomic E-state index is 9.41. The first-order valence-corrected chi connectivity index (χ1v) is 7.38. The van der Waals surface area contributed by atoms with E-state index >= 15 is 0 Å². The van der Waals surface area contributed by atoms with Crippen LogP contribution in [-0.4, -0.2) is 9.55 Å². The summed E-state index contributed by atoms with van der Waals surface area (Å²) >= 11 is 0. The highest BCUT2D eigenvalue weighted by molar-refractivity contribution is 5.03. The van der Waals surface area contributed by atoms with Crippen LogP contribution in [0.3, 0.4) is 0 Å². The van der Waals surface area contributed by atoms with Crippen molar-refractivity contribution in [1.82, 2.24) is 9.55 Å². The molecule has 1 heterocycles. The van der Waals surface area contributed by atoms with Gasteiger partial charge in [-0.15, -0.1) is 0 Å². The summed E-state index contributed by atoms with van der Waals surface area (Å²) in [6.07, 6.45) is 8.39. The zero-order valence-electron chi connectivity index (χ0n) is 12.6. The molecule has 0 bridgehead atoms. The topological polar surface area (TPSA) is 41.6 Å². The molecule has 0 aliphatic heterocycles. The number of rotatable bonds is 3. The van der Waals surface area contributed by atoms with Crippen molar-refractivity contribution in [3.05, 3.63) is 18.2 Å². The molecule has 0 saturated heterocycles. The minimum atomic E-state index is 0.136. The Labute approximate surface area is 116 Å². The van der Waals surface area contributed by atoms with Gasteiger partial charge in [-0.25, -0.2) is 4.98 Å². The molecule has 3 unspecified atom stereocenters. The van der Waals surface area contributed by atoms with Gasteiger partial charge in [0.25, 0.3) is 0 Å². The molecule has 0 radical (unpaired) electrons. The fourth-order valence-corrected chi connectivity index (χ4v) is 3.34. The zero-order valence-corrected chi connectivity index (χ0v) is 12.6. The molecule has 0 spiro atoms. The van der Waals surface area contributed by atoms with Crippen molar-refractivity contribution in [3.63, 3.8) is 0 Å². The van der Waals surface area contributed by atoms with Crippen LogP contribution >= 0.6 is 0 Å². The predicted molar refractivity (Wildman–Crippen MR) is 76.5 cm³/mol. The molecule has 1 aromatic rings. The molecular weight excluding hydrogens is 234 g/mol. The summed E-state index contributed by atoms with van der Waals surface area (Å²) in [6.45, 7) is 9.03. The first-order chi connectivity index (χ1) is 8.99. The van der Waals surface area contributed by atoms with Crippen molar-refractivity contribution in [2.75, 3.05) is 0 Å². The van der Waals surface area contributed by atoms with E-state index in [-0.39, 0.29) is 5.92 Å². The lowest BCUT2D eigenvalue weighted by atomic mass is 9.66. The van der Waals surface area contributed by atoms with Crippen molar-refractivity contribution in [3.8, 4) is 6.07 Å². The van der Waals surface area contributed by atoms with Crippen molar-refractivity contribution < 1.29 is 0 Å². The second-order valence-corrected chi connectivity index (χ2v) is 6.54. The molecule has 3 heteroatoms. The Bertz CT molecular complexity index is 467. The fraction of sp³-hybridized carbons (Fsp3) is 0.750. The van der Waals surface area contributed by atoms with Gasteiger partial charge < -0.3 is 4.57 Å². The van der Waals surface area contributed by atoms with Gasteiger partial charge in [0.1, 0.15) is 5.82 Å². The van der Waals surface area contributed by atoms with E-state index in [2.05, 4.69) is 36.4 Å².